The first-order valence-electron chi connectivity index (χ1n) is 9.06. The zero-order valence-electron chi connectivity index (χ0n) is 15.3. The summed E-state index contributed by atoms with van der Waals surface area (Å²) in [5, 5.41) is 0. The van der Waals surface area contributed by atoms with E-state index in [9.17, 15) is 4.57 Å². The van der Waals surface area contributed by atoms with Gasteiger partial charge in [0.1, 0.15) is 11.5 Å². The summed E-state index contributed by atoms with van der Waals surface area (Å²) in [6.07, 6.45) is 6.53. The summed E-state index contributed by atoms with van der Waals surface area (Å²) in [4.78, 5) is 0. The van der Waals surface area contributed by atoms with Gasteiger partial charge in [-0.05, 0) is 61.1 Å². The Balaban J connectivity index is 2.00. The van der Waals surface area contributed by atoms with E-state index in [0.717, 1.165) is 38.5 Å². The van der Waals surface area contributed by atoms with Gasteiger partial charge in [-0.3, -0.25) is 0 Å². The van der Waals surface area contributed by atoms with Crippen LogP contribution in [0.3, 0.4) is 0 Å². The second kappa shape index (κ2) is 10.6. The Morgan fingerprint density at radius 1 is 0.769 bits per heavy atom. The van der Waals surface area contributed by atoms with E-state index in [1.54, 1.807) is 24.3 Å². The SMILES string of the molecule is CCCCc1ccc(OP(=O)(OCl)Oc2ccc(CCCC)cc2)cc1. The third-order valence-corrected chi connectivity index (χ3v) is 5.55. The molecule has 2 aromatic carbocycles. The molecule has 0 bridgehead atoms. The van der Waals surface area contributed by atoms with E-state index >= 15 is 0 Å². The van der Waals surface area contributed by atoms with Crippen LogP contribution in [-0.4, -0.2) is 0 Å². The molecule has 2 rings (SSSR count). The van der Waals surface area contributed by atoms with Crippen LogP contribution in [0.2, 0.25) is 0 Å². The Morgan fingerprint density at radius 2 is 1.15 bits per heavy atom. The predicted octanol–water partition coefficient (Wildman–Crippen LogP) is 7.11. The summed E-state index contributed by atoms with van der Waals surface area (Å²) in [7, 11) is -3.95. The first-order chi connectivity index (χ1) is 12.6. The number of unbranched alkanes of at least 4 members (excludes halogenated alkanes) is 2. The maximum atomic E-state index is 12.6. The molecule has 0 N–H and O–H groups in total. The molecule has 0 spiro atoms. The van der Waals surface area contributed by atoms with Crippen LogP contribution < -0.4 is 9.05 Å². The van der Waals surface area contributed by atoms with E-state index in [4.69, 9.17) is 20.9 Å². The number of benzene rings is 2. The molecule has 0 saturated carbocycles. The molecule has 26 heavy (non-hydrogen) atoms. The molecule has 0 unspecified atom stereocenters. The van der Waals surface area contributed by atoms with E-state index in [0.29, 0.717) is 11.5 Å². The highest BCUT2D eigenvalue weighted by Crippen LogP contribution is 2.50. The minimum atomic E-state index is -3.95. The van der Waals surface area contributed by atoms with Crippen molar-refractivity contribution >= 4 is 19.7 Å². The second-order valence-corrected chi connectivity index (χ2v) is 8.01. The van der Waals surface area contributed by atoms with E-state index in [2.05, 4.69) is 17.9 Å². The maximum Gasteiger partial charge on any atom is 0.604 e. The zero-order valence-corrected chi connectivity index (χ0v) is 17.0. The van der Waals surface area contributed by atoms with Gasteiger partial charge in [0.25, 0.3) is 0 Å². The highest BCUT2D eigenvalue weighted by atomic mass is 35.5. The zero-order chi connectivity index (χ0) is 18.8. The summed E-state index contributed by atoms with van der Waals surface area (Å²) in [6, 6.07) is 14.7. The Bertz CT molecular complexity index is 643. The predicted molar refractivity (Wildman–Crippen MR) is 106 cm³/mol. The molecule has 0 radical (unpaired) electrons. The Labute approximate surface area is 161 Å². The van der Waals surface area contributed by atoms with Crippen LogP contribution in [0.4, 0.5) is 0 Å². The second-order valence-electron chi connectivity index (χ2n) is 6.19. The maximum absolute atomic E-state index is 12.6. The minimum Gasteiger partial charge on any atom is -0.394 e. The van der Waals surface area contributed by atoms with Gasteiger partial charge in [0.2, 0.25) is 0 Å². The van der Waals surface area contributed by atoms with Crippen molar-refractivity contribution < 1.29 is 17.7 Å². The van der Waals surface area contributed by atoms with Crippen LogP contribution in [0.15, 0.2) is 48.5 Å². The van der Waals surface area contributed by atoms with Gasteiger partial charge in [0, 0.05) is 0 Å². The number of phosphoric ester groups is 1. The van der Waals surface area contributed by atoms with E-state index in [1.807, 2.05) is 24.3 Å². The molecule has 0 heterocycles. The molecule has 6 heteroatoms. The number of phosphoric acid groups is 1. The van der Waals surface area contributed by atoms with Gasteiger partial charge in [-0.1, -0.05) is 51.0 Å². The normalized spacial score (nSPS) is 11.3. The van der Waals surface area contributed by atoms with Crippen LogP contribution >= 0.6 is 19.7 Å². The Kier molecular flexibility index (Phi) is 8.50. The molecule has 0 aliphatic rings. The molecular formula is C20H26ClO4P. The van der Waals surface area contributed by atoms with E-state index in [1.165, 1.54) is 11.1 Å². The van der Waals surface area contributed by atoms with Gasteiger partial charge in [-0.15, -0.1) is 0 Å². The Morgan fingerprint density at radius 3 is 1.46 bits per heavy atom. The van der Waals surface area contributed by atoms with Crippen molar-refractivity contribution in [2.45, 2.75) is 52.4 Å². The highest BCUT2D eigenvalue weighted by Gasteiger charge is 2.31. The fourth-order valence-corrected chi connectivity index (χ4v) is 3.52. The van der Waals surface area contributed by atoms with Crippen molar-refractivity contribution in [2.75, 3.05) is 0 Å². The molecule has 0 amide bonds. The molecule has 0 atom stereocenters. The van der Waals surface area contributed by atoms with Crippen molar-refractivity contribution in [2.24, 2.45) is 0 Å². The summed E-state index contributed by atoms with van der Waals surface area (Å²) < 4.78 is 27.9. The third kappa shape index (κ3) is 6.68. The summed E-state index contributed by atoms with van der Waals surface area (Å²) in [5.41, 5.74) is 2.40. The Hall–Kier alpha value is -1.48. The molecule has 0 aliphatic heterocycles. The van der Waals surface area contributed by atoms with Crippen LogP contribution in [0.5, 0.6) is 11.5 Å². The van der Waals surface area contributed by atoms with Crippen molar-refractivity contribution in [3.63, 3.8) is 0 Å². The summed E-state index contributed by atoms with van der Waals surface area (Å²) in [6.45, 7) is 4.30. The standard InChI is InChI=1S/C20H26ClO4P/c1-3-5-7-17-9-13-19(14-10-17)23-26(22,25-21)24-20-15-11-18(12-16-20)8-6-4-2/h9-16H,3-8H2,1-2H3. The lowest BCUT2D eigenvalue weighted by atomic mass is 10.1. The van der Waals surface area contributed by atoms with Crippen molar-refractivity contribution in [1.82, 2.24) is 0 Å². The van der Waals surface area contributed by atoms with Gasteiger partial charge in [-0.25, -0.2) is 4.57 Å². The number of halogens is 1. The van der Waals surface area contributed by atoms with E-state index in [-0.39, 0.29) is 0 Å². The topological polar surface area (TPSA) is 44.8 Å². The first-order valence-corrected chi connectivity index (χ1v) is 10.8. The van der Waals surface area contributed by atoms with Crippen LogP contribution in [-0.2, 0) is 21.5 Å². The fraction of sp³-hybridized carbons (Fsp3) is 0.400. The first kappa shape index (κ1) is 20.8. The highest BCUT2D eigenvalue weighted by molar-refractivity contribution is 7.50. The lowest BCUT2D eigenvalue weighted by Crippen LogP contribution is -2.01. The largest absolute Gasteiger partial charge is 0.604 e. The van der Waals surface area contributed by atoms with Gasteiger partial charge in [0.05, 0.1) is 11.9 Å². The third-order valence-electron chi connectivity index (χ3n) is 4.00. The van der Waals surface area contributed by atoms with Crippen molar-refractivity contribution in [1.29, 1.82) is 0 Å². The number of aryl methyl sites for hydroxylation is 2. The monoisotopic (exact) mass is 396 g/mol. The molecule has 0 aromatic heterocycles. The molecular weight excluding hydrogens is 371 g/mol. The summed E-state index contributed by atoms with van der Waals surface area (Å²) in [5.74, 6) is 0.766. The van der Waals surface area contributed by atoms with E-state index < -0.39 is 7.82 Å². The number of hydrogen-bond acceptors (Lipinski definition) is 4. The number of hydrogen-bond donors (Lipinski definition) is 0. The molecule has 142 valence electrons. The lowest BCUT2D eigenvalue weighted by Gasteiger charge is -2.16. The van der Waals surface area contributed by atoms with Crippen LogP contribution in [0.1, 0.15) is 50.7 Å². The molecule has 2 aromatic rings. The quantitative estimate of drug-likeness (QED) is 0.379. The molecule has 0 aliphatic carbocycles. The molecule has 4 nitrogen and oxygen atoms in total. The van der Waals surface area contributed by atoms with Crippen LogP contribution in [0, 0.1) is 0 Å². The van der Waals surface area contributed by atoms with Gasteiger partial charge < -0.3 is 9.05 Å². The van der Waals surface area contributed by atoms with Gasteiger partial charge >= 0.3 is 7.82 Å². The average molecular weight is 397 g/mol. The number of rotatable bonds is 11. The van der Waals surface area contributed by atoms with Gasteiger partial charge in [-0.2, -0.15) is 4.08 Å². The van der Waals surface area contributed by atoms with Crippen LogP contribution in [0.25, 0.3) is 0 Å². The fourth-order valence-electron chi connectivity index (χ4n) is 2.50. The average Bonchev–Trinajstić information content (AvgIpc) is 2.67. The smallest absolute Gasteiger partial charge is 0.394 e. The molecule has 0 saturated heterocycles. The lowest BCUT2D eigenvalue weighted by molar-refractivity contribution is 0.308. The molecule has 0 fully saturated rings. The van der Waals surface area contributed by atoms with Crippen molar-refractivity contribution in [3.05, 3.63) is 59.7 Å². The minimum absolute atomic E-state index is 0.383. The summed E-state index contributed by atoms with van der Waals surface area (Å²) >= 11 is 5.40. The van der Waals surface area contributed by atoms with Crippen molar-refractivity contribution in [3.8, 4) is 11.5 Å². The van der Waals surface area contributed by atoms with Gasteiger partial charge in [0.15, 0.2) is 0 Å².